The largest absolute Gasteiger partial charge is 0.469 e. The third-order valence-corrected chi connectivity index (χ3v) is 1.66. The maximum atomic E-state index is 5.20. The highest BCUT2D eigenvalue weighted by atomic mass is 16.3. The molecule has 1 aromatic rings. The van der Waals surface area contributed by atoms with Crippen LogP contribution in [0.25, 0.3) is 0 Å². The van der Waals surface area contributed by atoms with E-state index in [1.165, 1.54) is 11.1 Å². The van der Waals surface area contributed by atoms with E-state index < -0.39 is 0 Å². The molecule has 54 valence electrons. The highest BCUT2D eigenvalue weighted by Crippen LogP contribution is 2.15. The van der Waals surface area contributed by atoms with E-state index in [9.17, 15) is 0 Å². The minimum Gasteiger partial charge on any atom is -0.469 e. The summed E-state index contributed by atoms with van der Waals surface area (Å²) in [7, 11) is 0. The number of aryl methyl sites for hydroxylation is 2. The summed E-state index contributed by atoms with van der Waals surface area (Å²) in [4.78, 5) is 0. The lowest BCUT2D eigenvalue weighted by Gasteiger charge is -1.92. The topological polar surface area (TPSA) is 13.1 Å². The zero-order valence-electron chi connectivity index (χ0n) is 6.48. The number of allylic oxidation sites excluding steroid dienone is 1. The van der Waals surface area contributed by atoms with Gasteiger partial charge in [0.25, 0.3) is 0 Å². The fraction of sp³-hybridized carbons (Fsp3) is 0.333. The summed E-state index contributed by atoms with van der Waals surface area (Å²) in [5, 5.41) is 0. The Kier molecular flexibility index (Phi) is 1.95. The van der Waals surface area contributed by atoms with Gasteiger partial charge in [0.15, 0.2) is 0 Å². The Labute approximate surface area is 61.4 Å². The molecule has 0 saturated heterocycles. The lowest BCUT2D eigenvalue weighted by atomic mass is 10.1. The van der Waals surface area contributed by atoms with Crippen LogP contribution in [0.5, 0.6) is 0 Å². The van der Waals surface area contributed by atoms with Crippen molar-refractivity contribution in [2.45, 2.75) is 20.3 Å². The van der Waals surface area contributed by atoms with Gasteiger partial charge in [-0.1, -0.05) is 6.08 Å². The van der Waals surface area contributed by atoms with E-state index in [0.717, 1.165) is 12.2 Å². The molecule has 1 nitrogen and oxygen atoms in total. The highest BCUT2D eigenvalue weighted by molar-refractivity contribution is 5.27. The van der Waals surface area contributed by atoms with Crippen LogP contribution in [0.4, 0.5) is 0 Å². The third-order valence-electron chi connectivity index (χ3n) is 1.66. The Balaban J connectivity index is 2.97. The standard InChI is InChI=1S/C9H12O/c1-4-5-9-7(2)6-10-8(9)3/h4,6H,1,5H2,2-3H3. The van der Waals surface area contributed by atoms with Gasteiger partial charge in [-0.25, -0.2) is 0 Å². The summed E-state index contributed by atoms with van der Waals surface area (Å²) in [6.07, 6.45) is 4.59. The van der Waals surface area contributed by atoms with Gasteiger partial charge in [0, 0.05) is 0 Å². The van der Waals surface area contributed by atoms with E-state index >= 15 is 0 Å². The second-order valence-electron chi connectivity index (χ2n) is 2.45. The summed E-state index contributed by atoms with van der Waals surface area (Å²) in [5.74, 6) is 1.01. The Morgan fingerprint density at radius 1 is 1.60 bits per heavy atom. The number of hydrogen-bond acceptors (Lipinski definition) is 1. The van der Waals surface area contributed by atoms with Crippen LogP contribution in [-0.4, -0.2) is 0 Å². The zero-order chi connectivity index (χ0) is 7.56. The molecule has 1 aromatic heterocycles. The minimum atomic E-state index is 0.911. The van der Waals surface area contributed by atoms with Gasteiger partial charge >= 0.3 is 0 Å². The van der Waals surface area contributed by atoms with E-state index in [1.807, 2.05) is 13.0 Å². The van der Waals surface area contributed by atoms with Gasteiger partial charge < -0.3 is 4.42 Å². The van der Waals surface area contributed by atoms with Gasteiger partial charge in [0.2, 0.25) is 0 Å². The predicted molar refractivity (Wildman–Crippen MR) is 42.1 cm³/mol. The van der Waals surface area contributed by atoms with Crippen molar-refractivity contribution in [3.63, 3.8) is 0 Å². The van der Waals surface area contributed by atoms with Crippen molar-refractivity contribution >= 4 is 0 Å². The zero-order valence-corrected chi connectivity index (χ0v) is 6.48. The Bertz CT molecular complexity index is 213. The van der Waals surface area contributed by atoms with Crippen LogP contribution in [0, 0.1) is 13.8 Å². The van der Waals surface area contributed by atoms with Gasteiger partial charge in [-0.15, -0.1) is 6.58 Å². The average molecular weight is 136 g/mol. The molecule has 0 fully saturated rings. The second-order valence-corrected chi connectivity index (χ2v) is 2.45. The molecule has 1 rings (SSSR count). The van der Waals surface area contributed by atoms with Gasteiger partial charge in [0.05, 0.1) is 6.26 Å². The molecule has 0 unspecified atom stereocenters. The summed E-state index contributed by atoms with van der Waals surface area (Å²) in [6.45, 7) is 7.71. The first-order chi connectivity index (χ1) is 4.75. The van der Waals surface area contributed by atoms with Crippen LogP contribution < -0.4 is 0 Å². The first-order valence-electron chi connectivity index (χ1n) is 3.40. The summed E-state index contributed by atoms with van der Waals surface area (Å²) >= 11 is 0. The number of rotatable bonds is 2. The van der Waals surface area contributed by atoms with Crippen molar-refractivity contribution in [1.82, 2.24) is 0 Å². The van der Waals surface area contributed by atoms with Crippen molar-refractivity contribution < 1.29 is 4.42 Å². The molecule has 0 aliphatic heterocycles. The van der Waals surface area contributed by atoms with E-state index in [1.54, 1.807) is 6.26 Å². The maximum absolute atomic E-state index is 5.20. The minimum absolute atomic E-state index is 0.911. The first-order valence-corrected chi connectivity index (χ1v) is 3.40. The van der Waals surface area contributed by atoms with Crippen molar-refractivity contribution in [2.24, 2.45) is 0 Å². The van der Waals surface area contributed by atoms with Crippen LogP contribution in [0.1, 0.15) is 16.9 Å². The van der Waals surface area contributed by atoms with E-state index in [4.69, 9.17) is 4.42 Å². The normalized spacial score (nSPS) is 9.80. The van der Waals surface area contributed by atoms with Crippen LogP contribution >= 0.6 is 0 Å². The smallest absolute Gasteiger partial charge is 0.104 e. The second kappa shape index (κ2) is 2.74. The molecule has 10 heavy (non-hydrogen) atoms. The lowest BCUT2D eigenvalue weighted by molar-refractivity contribution is 0.530. The van der Waals surface area contributed by atoms with Crippen molar-refractivity contribution in [1.29, 1.82) is 0 Å². The van der Waals surface area contributed by atoms with E-state index in [2.05, 4.69) is 13.5 Å². The van der Waals surface area contributed by atoms with Crippen LogP contribution in [0.2, 0.25) is 0 Å². The number of hydrogen-bond donors (Lipinski definition) is 0. The predicted octanol–water partition coefficient (Wildman–Crippen LogP) is 2.62. The van der Waals surface area contributed by atoms with Gasteiger partial charge in [-0.2, -0.15) is 0 Å². The molecule has 0 spiro atoms. The van der Waals surface area contributed by atoms with Gasteiger partial charge in [-0.3, -0.25) is 0 Å². The summed E-state index contributed by atoms with van der Waals surface area (Å²) in [6, 6.07) is 0. The average Bonchev–Trinajstić information content (AvgIpc) is 2.20. The molecule has 0 aliphatic rings. The molecule has 0 N–H and O–H groups in total. The van der Waals surface area contributed by atoms with Crippen molar-refractivity contribution in [2.75, 3.05) is 0 Å². The summed E-state index contributed by atoms with van der Waals surface area (Å²) in [5.41, 5.74) is 2.49. The SMILES string of the molecule is C=CCc1c(C)coc1C. The molecular formula is C9H12O. The molecule has 0 aliphatic carbocycles. The van der Waals surface area contributed by atoms with Crippen molar-refractivity contribution in [3.05, 3.63) is 35.8 Å². The van der Waals surface area contributed by atoms with Crippen LogP contribution in [0.15, 0.2) is 23.3 Å². The monoisotopic (exact) mass is 136 g/mol. The Hall–Kier alpha value is -0.980. The molecule has 0 amide bonds. The molecule has 1 heterocycles. The van der Waals surface area contributed by atoms with Gasteiger partial charge in [-0.05, 0) is 31.4 Å². The number of furan rings is 1. The Morgan fingerprint density at radius 2 is 2.30 bits per heavy atom. The quantitative estimate of drug-likeness (QED) is 0.569. The molecular weight excluding hydrogens is 124 g/mol. The fourth-order valence-corrected chi connectivity index (χ4v) is 1.05. The van der Waals surface area contributed by atoms with E-state index in [0.29, 0.717) is 0 Å². The third kappa shape index (κ3) is 1.13. The molecule has 0 bridgehead atoms. The molecule has 0 atom stereocenters. The first kappa shape index (κ1) is 7.13. The van der Waals surface area contributed by atoms with Crippen LogP contribution in [-0.2, 0) is 6.42 Å². The maximum Gasteiger partial charge on any atom is 0.104 e. The summed E-state index contributed by atoms with van der Waals surface area (Å²) < 4.78 is 5.20. The molecule has 1 heteroatoms. The van der Waals surface area contributed by atoms with E-state index in [-0.39, 0.29) is 0 Å². The Morgan fingerprint density at radius 3 is 2.70 bits per heavy atom. The molecule has 0 saturated carbocycles. The highest BCUT2D eigenvalue weighted by Gasteiger charge is 2.02. The molecule has 0 aromatic carbocycles. The van der Waals surface area contributed by atoms with Crippen molar-refractivity contribution in [3.8, 4) is 0 Å². The van der Waals surface area contributed by atoms with Gasteiger partial charge in [0.1, 0.15) is 5.76 Å². The van der Waals surface area contributed by atoms with Crippen LogP contribution in [0.3, 0.4) is 0 Å². The fourth-order valence-electron chi connectivity index (χ4n) is 1.05. The lowest BCUT2D eigenvalue weighted by Crippen LogP contribution is -1.82. The molecule has 0 radical (unpaired) electrons.